The van der Waals surface area contributed by atoms with Crippen LogP contribution in [0.15, 0.2) is 96.1 Å². The molecule has 0 fully saturated rings. The molecule has 2 aliphatic rings. The lowest BCUT2D eigenvalue weighted by atomic mass is 9.98. The molecular formula is C37H37N7O3. The van der Waals surface area contributed by atoms with Gasteiger partial charge in [-0.15, -0.1) is 0 Å². The molecule has 10 nitrogen and oxygen atoms in total. The van der Waals surface area contributed by atoms with E-state index in [1.54, 1.807) is 6.07 Å². The molecule has 1 aliphatic heterocycles. The number of primary amides is 1. The number of carbonyl (C=O) groups excluding carboxylic acids is 2. The van der Waals surface area contributed by atoms with E-state index in [1.165, 1.54) is 0 Å². The first kappa shape index (κ1) is 31.1. The summed E-state index contributed by atoms with van der Waals surface area (Å²) in [7, 11) is 0. The van der Waals surface area contributed by atoms with E-state index in [0.29, 0.717) is 23.2 Å². The van der Waals surface area contributed by atoms with Gasteiger partial charge in [0, 0.05) is 16.8 Å². The summed E-state index contributed by atoms with van der Waals surface area (Å²) in [6, 6.07) is 27.5. The first-order valence-electron chi connectivity index (χ1n) is 15.5. The smallest absolute Gasteiger partial charge is 0.312 e. The molecule has 0 saturated heterocycles. The quantitative estimate of drug-likeness (QED) is 0.0737. The van der Waals surface area contributed by atoms with E-state index in [2.05, 4.69) is 20.6 Å². The number of aromatic nitrogens is 2. The fourth-order valence-corrected chi connectivity index (χ4v) is 5.82. The van der Waals surface area contributed by atoms with E-state index in [4.69, 9.17) is 15.8 Å². The van der Waals surface area contributed by atoms with Crippen molar-refractivity contribution in [2.45, 2.75) is 40.2 Å². The van der Waals surface area contributed by atoms with Crippen molar-refractivity contribution in [3.8, 4) is 22.8 Å². The first-order valence-corrected chi connectivity index (χ1v) is 15.5. The summed E-state index contributed by atoms with van der Waals surface area (Å²) in [5.74, 6) is -0.373. The van der Waals surface area contributed by atoms with Crippen molar-refractivity contribution in [1.82, 2.24) is 14.9 Å². The van der Waals surface area contributed by atoms with E-state index in [9.17, 15) is 14.7 Å². The Morgan fingerprint density at radius 3 is 2.45 bits per heavy atom. The van der Waals surface area contributed by atoms with Crippen LogP contribution in [-0.4, -0.2) is 32.6 Å². The molecule has 0 bridgehead atoms. The Balaban J connectivity index is 1.52. The van der Waals surface area contributed by atoms with E-state index in [1.807, 2.05) is 113 Å². The van der Waals surface area contributed by atoms with E-state index >= 15 is 0 Å². The van der Waals surface area contributed by atoms with Gasteiger partial charge in [0.1, 0.15) is 17.5 Å². The van der Waals surface area contributed by atoms with Gasteiger partial charge in [0.15, 0.2) is 0 Å². The van der Waals surface area contributed by atoms with Crippen LogP contribution >= 0.6 is 0 Å². The van der Waals surface area contributed by atoms with Crippen molar-refractivity contribution in [3.63, 3.8) is 0 Å². The third-order valence-corrected chi connectivity index (χ3v) is 8.60. The normalized spacial score (nSPS) is 13.1. The number of phenols is 1. The number of aromatic hydroxyl groups is 1. The van der Waals surface area contributed by atoms with Crippen LogP contribution in [0.2, 0.25) is 0 Å². The van der Waals surface area contributed by atoms with E-state index in [0.717, 1.165) is 50.0 Å². The number of para-hydroxylation sites is 1. The van der Waals surface area contributed by atoms with Gasteiger partial charge in [0.25, 0.3) is 0 Å². The zero-order valence-corrected chi connectivity index (χ0v) is 26.7. The van der Waals surface area contributed by atoms with Crippen LogP contribution in [0, 0.1) is 19.8 Å². The number of nitrogens with two attached hydrogens (primary N) is 1. The van der Waals surface area contributed by atoms with Crippen molar-refractivity contribution in [1.29, 1.82) is 0 Å². The minimum Gasteiger partial charge on any atom is -0.506 e. The van der Waals surface area contributed by atoms with Gasteiger partial charge >= 0.3 is 6.03 Å². The summed E-state index contributed by atoms with van der Waals surface area (Å²) in [5.41, 5.74) is 15.3. The molecule has 0 saturated carbocycles. The Bertz CT molecular complexity index is 2180. The molecule has 0 radical (unpaired) electrons. The minimum absolute atomic E-state index is 0.101. The summed E-state index contributed by atoms with van der Waals surface area (Å²) in [6.45, 7) is 7.74. The largest absolute Gasteiger partial charge is 0.506 e. The van der Waals surface area contributed by atoms with Gasteiger partial charge in [-0.2, -0.15) is 5.10 Å². The second-order valence-electron chi connectivity index (χ2n) is 11.8. The first-order chi connectivity index (χ1) is 22.6. The number of nitrogens with zero attached hydrogens (tertiary/aromatic N) is 3. The Morgan fingerprint density at radius 2 is 1.70 bits per heavy atom. The van der Waals surface area contributed by atoms with Crippen LogP contribution < -0.4 is 27.2 Å². The molecule has 4 aromatic carbocycles. The van der Waals surface area contributed by atoms with Crippen molar-refractivity contribution >= 4 is 45.1 Å². The van der Waals surface area contributed by atoms with Gasteiger partial charge in [-0.05, 0) is 78.7 Å². The zero-order chi connectivity index (χ0) is 33.2. The van der Waals surface area contributed by atoms with Gasteiger partial charge in [0.05, 0.1) is 27.8 Å². The third kappa shape index (κ3) is 6.17. The maximum absolute atomic E-state index is 13.4. The molecule has 0 aromatic heterocycles. The zero-order valence-electron chi connectivity index (χ0n) is 26.7. The lowest BCUT2D eigenvalue weighted by molar-refractivity contribution is -0.119. The minimum atomic E-state index is -0.788. The Morgan fingerprint density at radius 1 is 0.957 bits per heavy atom. The van der Waals surface area contributed by atoms with Gasteiger partial charge in [-0.3, -0.25) is 10.2 Å². The highest BCUT2D eigenvalue weighted by molar-refractivity contribution is 6.00. The van der Waals surface area contributed by atoms with Crippen molar-refractivity contribution in [2.75, 3.05) is 10.7 Å². The van der Waals surface area contributed by atoms with Gasteiger partial charge in [-0.25, -0.2) is 9.78 Å². The number of hydrogen-bond donors (Lipinski definition) is 5. The summed E-state index contributed by atoms with van der Waals surface area (Å²) >= 11 is 0. The Hall–Kier alpha value is -5.90. The highest BCUT2D eigenvalue weighted by atomic mass is 16.3. The lowest BCUT2D eigenvalue weighted by Crippen LogP contribution is -2.49. The summed E-state index contributed by atoms with van der Waals surface area (Å²) in [6.07, 6.45) is 0.681. The highest BCUT2D eigenvalue weighted by Gasteiger charge is 2.26. The Labute approximate surface area is 272 Å². The number of urea groups is 1. The molecule has 238 valence electrons. The number of rotatable bonds is 8. The fraction of sp³-hybridized carbons (Fsp3) is 0.189. The average molecular weight is 628 g/mol. The monoisotopic (exact) mass is 627 g/mol. The maximum atomic E-state index is 13.4. The molecule has 1 heterocycles. The van der Waals surface area contributed by atoms with Crippen LogP contribution in [0.25, 0.3) is 38.9 Å². The summed E-state index contributed by atoms with van der Waals surface area (Å²) in [4.78, 5) is 30.2. The van der Waals surface area contributed by atoms with Crippen molar-refractivity contribution in [3.05, 3.63) is 107 Å². The standard InChI is InChI=1S/C37H37N7O3/c1-5-21(2)34(41-37(38)47)36(46)40-27-19-31-29(17-22(27)3)39-30-18-23(4)28(20-32(30)44(31)25-12-7-6-8-13-25)42-43-35-26-14-10-9-11-24(26)15-16-33(35)45/h6-21,34,43,45H,5H2,1-4H3,(H,40,46)(H3,38,41,47)/b42-28+. The fourth-order valence-electron chi connectivity index (χ4n) is 5.82. The molecular weight excluding hydrogens is 590 g/mol. The topological polar surface area (TPSA) is 147 Å². The highest BCUT2D eigenvalue weighted by Crippen LogP contribution is 2.34. The lowest BCUT2D eigenvalue weighted by Gasteiger charge is -2.24. The van der Waals surface area contributed by atoms with Crippen LogP contribution in [-0.2, 0) is 4.79 Å². The predicted octanol–water partition coefficient (Wildman–Crippen LogP) is 6.56. The molecule has 3 amide bonds. The van der Waals surface area contributed by atoms with Crippen molar-refractivity contribution < 1.29 is 14.7 Å². The van der Waals surface area contributed by atoms with Crippen LogP contribution in [0.4, 0.5) is 16.2 Å². The van der Waals surface area contributed by atoms with E-state index < -0.39 is 12.1 Å². The number of benzene rings is 5. The van der Waals surface area contributed by atoms with Crippen LogP contribution in [0.3, 0.4) is 0 Å². The number of amides is 3. The van der Waals surface area contributed by atoms with Gasteiger partial charge in [-0.1, -0.05) is 68.8 Å². The average Bonchev–Trinajstić information content (AvgIpc) is 3.06. The Kier molecular flexibility index (Phi) is 8.50. The summed E-state index contributed by atoms with van der Waals surface area (Å²) in [5, 5.41) is 23.5. The molecule has 1 aliphatic carbocycles. The second-order valence-corrected chi connectivity index (χ2v) is 11.8. The predicted molar refractivity (Wildman–Crippen MR) is 187 cm³/mol. The number of nitrogens with one attached hydrogen (secondary N) is 3. The molecule has 2 unspecified atom stereocenters. The summed E-state index contributed by atoms with van der Waals surface area (Å²) < 4.78 is 2.09. The SMILES string of the molecule is CCC(C)C(NC(N)=O)C(=O)Nc1cc2c(cc1C)nc1cc(C)/c(=N/Nc3c(O)ccc4ccccc34)cc-1n2-c1ccccc1. The number of anilines is 2. The van der Waals surface area contributed by atoms with E-state index in [-0.39, 0.29) is 17.6 Å². The molecule has 47 heavy (non-hydrogen) atoms. The number of aryl methyl sites for hydroxylation is 2. The maximum Gasteiger partial charge on any atom is 0.312 e. The number of phenolic OH excluding ortho intramolecular Hbond substituents is 1. The van der Waals surface area contributed by atoms with Crippen molar-refractivity contribution in [2.24, 2.45) is 16.8 Å². The molecule has 6 N–H and O–H groups in total. The molecule has 10 heteroatoms. The number of hydrogen-bond acceptors (Lipinski definition) is 6. The van der Waals surface area contributed by atoms with Crippen LogP contribution in [0.5, 0.6) is 5.75 Å². The van der Waals surface area contributed by atoms with Gasteiger partial charge in [0.2, 0.25) is 5.91 Å². The molecule has 4 aromatic rings. The number of fused-ring (bicyclic) bond motifs is 3. The molecule has 0 spiro atoms. The third-order valence-electron chi connectivity index (χ3n) is 8.60. The van der Waals surface area contributed by atoms with Gasteiger partial charge < -0.3 is 26.0 Å². The second kappa shape index (κ2) is 12.8. The number of carbonyl (C=O) groups is 2. The van der Waals surface area contributed by atoms with Crippen LogP contribution in [0.1, 0.15) is 31.4 Å². The molecule has 2 atom stereocenters. The molecule has 6 rings (SSSR count).